The Morgan fingerprint density at radius 1 is 1.20 bits per heavy atom. The molecule has 2 rings (SSSR count). The van der Waals surface area contributed by atoms with Gasteiger partial charge in [0.15, 0.2) is 0 Å². The number of anilines is 1. The molecule has 0 radical (unpaired) electrons. The van der Waals surface area contributed by atoms with Crippen molar-refractivity contribution in [3.8, 4) is 0 Å². The molecule has 2 heteroatoms. The van der Waals surface area contributed by atoms with Crippen LogP contribution in [0.1, 0.15) is 17.5 Å². The highest BCUT2D eigenvalue weighted by Crippen LogP contribution is 2.29. The van der Waals surface area contributed by atoms with Crippen LogP contribution < -0.4 is 4.90 Å². The molecule has 0 amide bonds. The number of hydrogen-bond donors (Lipinski definition) is 0. The summed E-state index contributed by atoms with van der Waals surface area (Å²) >= 11 is 0. The van der Waals surface area contributed by atoms with E-state index in [1.54, 1.807) is 7.11 Å². The van der Waals surface area contributed by atoms with Gasteiger partial charge in [0.25, 0.3) is 0 Å². The Hall–Kier alpha value is -1.44. The van der Waals surface area contributed by atoms with E-state index in [0.29, 0.717) is 0 Å². The van der Waals surface area contributed by atoms with E-state index in [2.05, 4.69) is 43.1 Å². The molecule has 0 aliphatic carbocycles. The minimum absolute atomic E-state index is 1.00. The molecule has 2 nitrogen and oxygen atoms in total. The van der Waals surface area contributed by atoms with Crippen LogP contribution in [0.2, 0.25) is 0 Å². The maximum absolute atomic E-state index is 5.26. The van der Waals surface area contributed by atoms with Crippen molar-refractivity contribution in [1.82, 2.24) is 0 Å². The second kappa shape index (κ2) is 3.97. The predicted molar refractivity (Wildman–Crippen MR) is 63.0 cm³/mol. The van der Waals surface area contributed by atoms with Crippen LogP contribution in [-0.4, -0.2) is 13.7 Å². The molecule has 80 valence electrons. The quantitative estimate of drug-likeness (QED) is 0.732. The van der Waals surface area contributed by atoms with E-state index >= 15 is 0 Å². The van der Waals surface area contributed by atoms with Gasteiger partial charge in [-0.2, -0.15) is 0 Å². The summed E-state index contributed by atoms with van der Waals surface area (Å²) in [6, 6.07) is 6.41. The monoisotopic (exact) mass is 203 g/mol. The number of ether oxygens (including phenoxy) is 1. The molecule has 0 atom stereocenters. The summed E-state index contributed by atoms with van der Waals surface area (Å²) in [7, 11) is 1.74. The Morgan fingerprint density at radius 2 is 1.87 bits per heavy atom. The van der Waals surface area contributed by atoms with E-state index in [9.17, 15) is 0 Å². The summed E-state index contributed by atoms with van der Waals surface area (Å²) < 4.78 is 5.26. The van der Waals surface area contributed by atoms with Gasteiger partial charge in [-0.3, -0.25) is 0 Å². The fraction of sp³-hybridized carbons (Fsp3) is 0.385. The van der Waals surface area contributed by atoms with Crippen LogP contribution in [0.5, 0.6) is 0 Å². The molecule has 1 aromatic carbocycles. The number of nitrogens with zero attached hydrogens (tertiary/aromatic N) is 1. The van der Waals surface area contributed by atoms with Gasteiger partial charge < -0.3 is 9.64 Å². The predicted octanol–water partition coefficient (Wildman–Crippen LogP) is 3.00. The van der Waals surface area contributed by atoms with Crippen molar-refractivity contribution in [3.05, 3.63) is 41.3 Å². The van der Waals surface area contributed by atoms with Crippen molar-refractivity contribution in [2.75, 3.05) is 18.6 Å². The fourth-order valence-electron chi connectivity index (χ4n) is 2.12. The summed E-state index contributed by atoms with van der Waals surface area (Å²) in [5.41, 5.74) is 3.97. The Kier molecular flexibility index (Phi) is 2.67. The van der Waals surface area contributed by atoms with Gasteiger partial charge in [0, 0.05) is 24.9 Å². The zero-order valence-electron chi connectivity index (χ0n) is 9.58. The molecule has 1 aromatic rings. The topological polar surface area (TPSA) is 12.5 Å². The zero-order valence-corrected chi connectivity index (χ0v) is 9.58. The number of aryl methyl sites for hydroxylation is 2. The molecule has 0 unspecified atom stereocenters. The maximum atomic E-state index is 5.26. The van der Waals surface area contributed by atoms with Gasteiger partial charge in [-0.25, -0.2) is 0 Å². The largest absolute Gasteiger partial charge is 0.500 e. The van der Waals surface area contributed by atoms with Crippen LogP contribution >= 0.6 is 0 Å². The minimum atomic E-state index is 1.00. The Morgan fingerprint density at radius 3 is 2.40 bits per heavy atom. The highest BCUT2D eigenvalue weighted by molar-refractivity contribution is 5.61. The number of methoxy groups -OCH3 is 1. The van der Waals surface area contributed by atoms with Gasteiger partial charge >= 0.3 is 0 Å². The van der Waals surface area contributed by atoms with Crippen molar-refractivity contribution < 1.29 is 4.74 Å². The maximum Gasteiger partial charge on any atom is 0.113 e. The molecule has 0 fully saturated rings. The Bertz CT molecular complexity index is 375. The van der Waals surface area contributed by atoms with Gasteiger partial charge in [-0.1, -0.05) is 18.2 Å². The smallest absolute Gasteiger partial charge is 0.113 e. The summed E-state index contributed by atoms with van der Waals surface area (Å²) in [5, 5.41) is 0. The van der Waals surface area contributed by atoms with Gasteiger partial charge in [-0.15, -0.1) is 0 Å². The molecule has 1 heterocycles. The van der Waals surface area contributed by atoms with Crippen LogP contribution in [0, 0.1) is 13.8 Å². The highest BCUT2D eigenvalue weighted by Gasteiger charge is 2.17. The van der Waals surface area contributed by atoms with Gasteiger partial charge in [0.2, 0.25) is 0 Å². The number of rotatable bonds is 2. The SMILES string of the molecule is COC1=CN(c2c(C)cccc2C)CC1. The van der Waals surface area contributed by atoms with E-state index < -0.39 is 0 Å². The standard InChI is InChI=1S/C13H17NO/c1-10-5-4-6-11(2)13(10)14-8-7-12(9-14)15-3/h4-6,9H,7-8H2,1-3H3. The third-order valence-corrected chi connectivity index (χ3v) is 2.89. The third kappa shape index (κ3) is 1.84. The molecule has 0 saturated carbocycles. The molecular weight excluding hydrogens is 186 g/mol. The lowest BCUT2D eigenvalue weighted by Gasteiger charge is -2.20. The number of benzene rings is 1. The average molecular weight is 203 g/mol. The first-order chi connectivity index (χ1) is 7.22. The lowest BCUT2D eigenvalue weighted by molar-refractivity contribution is 0.284. The van der Waals surface area contributed by atoms with Crippen molar-refractivity contribution in [2.24, 2.45) is 0 Å². The summed E-state index contributed by atoms with van der Waals surface area (Å²) in [4.78, 5) is 2.28. The van der Waals surface area contributed by atoms with Crippen LogP contribution in [0.15, 0.2) is 30.2 Å². The van der Waals surface area contributed by atoms with Gasteiger partial charge in [0.05, 0.1) is 7.11 Å². The molecule has 0 bridgehead atoms. The zero-order chi connectivity index (χ0) is 10.8. The van der Waals surface area contributed by atoms with E-state index in [0.717, 1.165) is 18.7 Å². The fourth-order valence-corrected chi connectivity index (χ4v) is 2.12. The molecular formula is C13H17NO. The molecule has 0 saturated heterocycles. The number of hydrogen-bond acceptors (Lipinski definition) is 2. The van der Waals surface area contributed by atoms with Crippen molar-refractivity contribution in [2.45, 2.75) is 20.3 Å². The van der Waals surface area contributed by atoms with Crippen molar-refractivity contribution in [1.29, 1.82) is 0 Å². The molecule has 0 aromatic heterocycles. The van der Waals surface area contributed by atoms with E-state index in [1.807, 2.05) is 0 Å². The van der Waals surface area contributed by atoms with Crippen LogP contribution in [0.3, 0.4) is 0 Å². The van der Waals surface area contributed by atoms with E-state index in [4.69, 9.17) is 4.74 Å². The Balaban J connectivity index is 2.35. The molecule has 0 N–H and O–H groups in total. The average Bonchev–Trinajstić information content (AvgIpc) is 2.66. The highest BCUT2D eigenvalue weighted by atomic mass is 16.5. The summed E-state index contributed by atoms with van der Waals surface area (Å²) in [5.74, 6) is 1.07. The van der Waals surface area contributed by atoms with Crippen LogP contribution in [0.4, 0.5) is 5.69 Å². The first kappa shape index (κ1) is 10.1. The summed E-state index contributed by atoms with van der Waals surface area (Å²) in [6.45, 7) is 5.33. The van der Waals surface area contributed by atoms with E-state index in [1.165, 1.54) is 16.8 Å². The van der Waals surface area contributed by atoms with Gasteiger partial charge in [-0.05, 0) is 25.0 Å². The lowest BCUT2D eigenvalue weighted by atomic mass is 10.1. The lowest BCUT2D eigenvalue weighted by Crippen LogP contribution is -2.14. The molecule has 1 aliphatic heterocycles. The Labute approximate surface area is 91.2 Å². The second-order valence-electron chi connectivity index (χ2n) is 3.98. The normalized spacial score (nSPS) is 15.4. The first-order valence-electron chi connectivity index (χ1n) is 5.30. The van der Waals surface area contributed by atoms with E-state index in [-0.39, 0.29) is 0 Å². The summed E-state index contributed by atoms with van der Waals surface area (Å²) in [6.07, 6.45) is 3.11. The van der Waals surface area contributed by atoms with Crippen LogP contribution in [-0.2, 0) is 4.74 Å². The molecule has 0 spiro atoms. The third-order valence-electron chi connectivity index (χ3n) is 2.89. The van der Waals surface area contributed by atoms with Crippen molar-refractivity contribution in [3.63, 3.8) is 0 Å². The van der Waals surface area contributed by atoms with Crippen molar-refractivity contribution >= 4 is 5.69 Å². The number of para-hydroxylation sites is 1. The molecule has 15 heavy (non-hydrogen) atoms. The van der Waals surface area contributed by atoms with Gasteiger partial charge in [0.1, 0.15) is 5.76 Å². The second-order valence-corrected chi connectivity index (χ2v) is 3.98. The first-order valence-corrected chi connectivity index (χ1v) is 5.30. The molecule has 1 aliphatic rings. The van der Waals surface area contributed by atoms with Crippen LogP contribution in [0.25, 0.3) is 0 Å². The minimum Gasteiger partial charge on any atom is -0.500 e.